The fourth-order valence-corrected chi connectivity index (χ4v) is 0.819. The molecule has 0 aromatic carbocycles. The molecule has 1 aromatic rings. The molecular formula is C8H11N3O. The molecule has 1 aromatic heterocycles. The summed E-state index contributed by atoms with van der Waals surface area (Å²) in [4.78, 5) is 18.9. The van der Waals surface area contributed by atoms with Crippen LogP contribution in [0.3, 0.4) is 0 Å². The third kappa shape index (κ3) is 1.85. The van der Waals surface area contributed by atoms with Crippen molar-refractivity contribution in [3.05, 3.63) is 23.8 Å². The van der Waals surface area contributed by atoms with Gasteiger partial charge in [-0.15, -0.1) is 0 Å². The van der Waals surface area contributed by atoms with Crippen molar-refractivity contribution in [3.8, 4) is 0 Å². The van der Waals surface area contributed by atoms with Gasteiger partial charge in [-0.3, -0.25) is 4.79 Å². The monoisotopic (exact) mass is 165 g/mol. The molecule has 4 heteroatoms. The lowest BCUT2D eigenvalue weighted by molar-refractivity contribution is 0.0991. The Labute approximate surface area is 70.8 Å². The van der Waals surface area contributed by atoms with Gasteiger partial charge >= 0.3 is 0 Å². The lowest BCUT2D eigenvalue weighted by Gasteiger charge is -1.97. The maximum absolute atomic E-state index is 11.0. The Morgan fingerprint density at radius 2 is 2.42 bits per heavy atom. The van der Waals surface area contributed by atoms with Gasteiger partial charge in [-0.25, -0.2) is 9.97 Å². The van der Waals surface area contributed by atoms with Gasteiger partial charge in [0.25, 0.3) is 0 Å². The predicted molar refractivity (Wildman–Crippen MR) is 44.8 cm³/mol. The summed E-state index contributed by atoms with van der Waals surface area (Å²) in [6.45, 7) is 1.94. The van der Waals surface area contributed by atoms with Crippen LogP contribution in [-0.2, 0) is 6.42 Å². The molecule has 0 atom stereocenters. The Balaban J connectivity index is 2.93. The number of aryl methyl sites for hydroxylation is 1. The summed E-state index contributed by atoms with van der Waals surface area (Å²) in [5, 5.41) is 0. The molecule has 0 radical (unpaired) electrons. The normalized spacial score (nSPS) is 9.83. The van der Waals surface area contributed by atoms with Crippen molar-refractivity contribution in [3.63, 3.8) is 0 Å². The van der Waals surface area contributed by atoms with Crippen LogP contribution in [-0.4, -0.2) is 22.3 Å². The van der Waals surface area contributed by atoms with Crippen LogP contribution < -0.4 is 5.73 Å². The fraction of sp³-hybridized carbons (Fsp3) is 0.375. The molecule has 1 rings (SSSR count). The molecule has 0 aliphatic heterocycles. The molecule has 0 aliphatic carbocycles. The van der Waals surface area contributed by atoms with E-state index < -0.39 is 0 Å². The molecular weight excluding hydrogens is 154 g/mol. The standard InChI is InChI=1S/C8H11N3O/c1-2-6-3-4-10-8(11-6)7(12)5-9/h3-4H,2,5,9H2,1H3. The molecule has 0 amide bonds. The number of carbonyl (C=O) groups excluding carboxylic acids is 1. The van der Waals surface area contributed by atoms with Gasteiger partial charge in [0.1, 0.15) is 0 Å². The number of carbonyl (C=O) groups is 1. The Kier molecular flexibility index (Phi) is 2.88. The lowest BCUT2D eigenvalue weighted by Crippen LogP contribution is -2.17. The molecule has 4 nitrogen and oxygen atoms in total. The number of ketones is 1. The van der Waals surface area contributed by atoms with E-state index >= 15 is 0 Å². The quantitative estimate of drug-likeness (QED) is 0.649. The van der Waals surface area contributed by atoms with Crippen molar-refractivity contribution in [2.45, 2.75) is 13.3 Å². The molecule has 0 aliphatic rings. The minimum absolute atomic E-state index is 0.0346. The van der Waals surface area contributed by atoms with Crippen LogP contribution in [0.15, 0.2) is 12.3 Å². The first-order valence-corrected chi connectivity index (χ1v) is 3.83. The van der Waals surface area contributed by atoms with E-state index in [1.54, 1.807) is 12.3 Å². The van der Waals surface area contributed by atoms with Crippen LogP contribution in [0, 0.1) is 0 Å². The number of nitrogens with two attached hydrogens (primary N) is 1. The van der Waals surface area contributed by atoms with E-state index in [1.807, 2.05) is 6.92 Å². The number of hydrogen-bond acceptors (Lipinski definition) is 4. The predicted octanol–water partition coefficient (Wildman–Crippen LogP) is 0.180. The Hall–Kier alpha value is -1.29. The average Bonchev–Trinajstić information content (AvgIpc) is 2.17. The molecule has 0 saturated heterocycles. The zero-order chi connectivity index (χ0) is 8.97. The zero-order valence-electron chi connectivity index (χ0n) is 6.95. The number of aromatic nitrogens is 2. The summed E-state index contributed by atoms with van der Waals surface area (Å²) in [6, 6.07) is 1.79. The van der Waals surface area contributed by atoms with Crippen molar-refractivity contribution >= 4 is 5.78 Å². The van der Waals surface area contributed by atoms with E-state index in [9.17, 15) is 4.79 Å². The molecule has 0 bridgehead atoms. The van der Waals surface area contributed by atoms with E-state index in [0.29, 0.717) is 0 Å². The minimum atomic E-state index is -0.217. The lowest BCUT2D eigenvalue weighted by atomic mass is 10.3. The second kappa shape index (κ2) is 3.92. The van der Waals surface area contributed by atoms with Crippen LogP contribution >= 0.6 is 0 Å². The summed E-state index contributed by atoms with van der Waals surface area (Å²) in [5.41, 5.74) is 6.03. The van der Waals surface area contributed by atoms with E-state index in [2.05, 4.69) is 9.97 Å². The second-order valence-electron chi connectivity index (χ2n) is 2.35. The van der Waals surface area contributed by atoms with E-state index in [4.69, 9.17) is 5.73 Å². The maximum atomic E-state index is 11.0. The van der Waals surface area contributed by atoms with Gasteiger partial charge in [0, 0.05) is 11.9 Å². The van der Waals surface area contributed by atoms with Crippen LogP contribution in [0.25, 0.3) is 0 Å². The Morgan fingerprint density at radius 3 is 3.00 bits per heavy atom. The van der Waals surface area contributed by atoms with Crippen LogP contribution in [0.1, 0.15) is 23.2 Å². The number of Topliss-reactive ketones (excluding diaryl/α,β-unsaturated/α-hetero) is 1. The number of rotatable bonds is 3. The molecule has 64 valence electrons. The molecule has 1 heterocycles. The van der Waals surface area contributed by atoms with E-state index in [-0.39, 0.29) is 18.2 Å². The molecule has 0 saturated carbocycles. The summed E-state index contributed by atoms with van der Waals surface area (Å²) in [7, 11) is 0. The largest absolute Gasteiger partial charge is 0.324 e. The van der Waals surface area contributed by atoms with Gasteiger partial charge < -0.3 is 5.73 Å². The zero-order valence-corrected chi connectivity index (χ0v) is 6.95. The summed E-state index contributed by atoms with van der Waals surface area (Å²) in [5.74, 6) is 0.00199. The highest BCUT2D eigenvalue weighted by atomic mass is 16.1. The van der Waals surface area contributed by atoms with Gasteiger partial charge in [-0.2, -0.15) is 0 Å². The highest BCUT2D eigenvalue weighted by Gasteiger charge is 2.05. The van der Waals surface area contributed by atoms with Crippen LogP contribution in [0.2, 0.25) is 0 Å². The summed E-state index contributed by atoms with van der Waals surface area (Å²) >= 11 is 0. The van der Waals surface area contributed by atoms with Crippen LogP contribution in [0.4, 0.5) is 0 Å². The topological polar surface area (TPSA) is 68.9 Å². The first-order chi connectivity index (χ1) is 5.77. The molecule has 0 fully saturated rings. The van der Waals surface area contributed by atoms with Crippen molar-refractivity contribution in [1.29, 1.82) is 0 Å². The van der Waals surface area contributed by atoms with Gasteiger partial charge in [0.05, 0.1) is 6.54 Å². The van der Waals surface area contributed by atoms with Crippen molar-refractivity contribution in [2.75, 3.05) is 6.54 Å². The van der Waals surface area contributed by atoms with E-state index in [1.165, 1.54) is 0 Å². The van der Waals surface area contributed by atoms with Crippen molar-refractivity contribution < 1.29 is 4.79 Å². The SMILES string of the molecule is CCc1ccnc(C(=O)CN)n1. The Morgan fingerprint density at radius 1 is 1.67 bits per heavy atom. The van der Waals surface area contributed by atoms with Crippen molar-refractivity contribution in [1.82, 2.24) is 9.97 Å². The first kappa shape index (κ1) is 8.80. The first-order valence-electron chi connectivity index (χ1n) is 3.83. The number of nitrogens with zero attached hydrogens (tertiary/aromatic N) is 2. The van der Waals surface area contributed by atoms with Gasteiger partial charge in [0.2, 0.25) is 5.78 Å². The maximum Gasteiger partial charge on any atom is 0.213 e. The second-order valence-corrected chi connectivity index (χ2v) is 2.35. The van der Waals surface area contributed by atoms with Gasteiger partial charge in [-0.05, 0) is 12.5 Å². The average molecular weight is 165 g/mol. The fourth-order valence-electron chi connectivity index (χ4n) is 0.819. The third-order valence-corrected chi connectivity index (χ3v) is 1.51. The van der Waals surface area contributed by atoms with Gasteiger partial charge in [-0.1, -0.05) is 6.92 Å². The van der Waals surface area contributed by atoms with Crippen molar-refractivity contribution in [2.24, 2.45) is 5.73 Å². The highest BCUT2D eigenvalue weighted by Crippen LogP contribution is 1.96. The molecule has 2 N–H and O–H groups in total. The summed E-state index contributed by atoms with van der Waals surface area (Å²) < 4.78 is 0. The molecule has 0 unspecified atom stereocenters. The summed E-state index contributed by atoms with van der Waals surface area (Å²) in [6.07, 6.45) is 2.38. The van der Waals surface area contributed by atoms with Crippen LogP contribution in [0.5, 0.6) is 0 Å². The van der Waals surface area contributed by atoms with Gasteiger partial charge in [0.15, 0.2) is 5.82 Å². The minimum Gasteiger partial charge on any atom is -0.324 e. The smallest absolute Gasteiger partial charge is 0.213 e. The highest BCUT2D eigenvalue weighted by molar-refractivity contribution is 5.93. The third-order valence-electron chi connectivity index (χ3n) is 1.51. The van der Waals surface area contributed by atoms with E-state index in [0.717, 1.165) is 12.1 Å². The molecule has 12 heavy (non-hydrogen) atoms. The molecule has 0 spiro atoms. The number of hydrogen-bond donors (Lipinski definition) is 1. The Bertz CT molecular complexity index is 285.